The van der Waals surface area contributed by atoms with Crippen LogP contribution in [0.2, 0.25) is 0 Å². The highest BCUT2D eigenvalue weighted by atomic mass is 32.2. The van der Waals surface area contributed by atoms with E-state index in [0.717, 1.165) is 17.4 Å². The molecule has 0 aliphatic rings. The first kappa shape index (κ1) is 21.2. The molecule has 0 saturated carbocycles. The second kappa shape index (κ2) is 9.32. The summed E-state index contributed by atoms with van der Waals surface area (Å²) in [6.45, 7) is 0.465. The molecular weight excluding hydrogens is 404 g/mol. The number of carboxylic acid groups (broad SMARTS) is 1. The molecular formula is C22H22N2O5S. The van der Waals surface area contributed by atoms with Gasteiger partial charge in [-0.15, -0.1) is 0 Å². The van der Waals surface area contributed by atoms with Crippen LogP contribution in [0.25, 0.3) is 0 Å². The van der Waals surface area contributed by atoms with Crippen LogP contribution in [-0.4, -0.2) is 33.1 Å². The number of hydrogen-bond donors (Lipinski definition) is 3. The van der Waals surface area contributed by atoms with Gasteiger partial charge < -0.3 is 15.2 Å². The standard InChI is InChI=1S/C22H22N2O5S/c1-29-19-10-7-16(8-11-19)13-14-23-20-12-9-17(22(25)26)15-21(20)30(27,28)24-18-5-3-2-4-6-18/h2-12,15,23-24H,13-14H2,1H3,(H,25,26). The van der Waals surface area contributed by atoms with Gasteiger partial charge in [0.15, 0.2) is 0 Å². The molecule has 7 nitrogen and oxygen atoms in total. The Morgan fingerprint density at radius 1 is 1.00 bits per heavy atom. The van der Waals surface area contributed by atoms with Gasteiger partial charge in [-0.1, -0.05) is 30.3 Å². The van der Waals surface area contributed by atoms with Crippen LogP contribution in [0.1, 0.15) is 15.9 Å². The molecule has 0 aliphatic heterocycles. The molecule has 3 aromatic rings. The van der Waals surface area contributed by atoms with Crippen LogP contribution in [-0.2, 0) is 16.4 Å². The third-order valence-corrected chi connectivity index (χ3v) is 5.85. The smallest absolute Gasteiger partial charge is 0.335 e. The Kier molecular flexibility index (Phi) is 6.58. The Morgan fingerprint density at radius 2 is 1.70 bits per heavy atom. The monoisotopic (exact) mass is 426 g/mol. The van der Waals surface area contributed by atoms with E-state index in [1.54, 1.807) is 37.4 Å². The minimum atomic E-state index is -4.00. The van der Waals surface area contributed by atoms with Crippen molar-refractivity contribution in [1.29, 1.82) is 0 Å². The SMILES string of the molecule is COc1ccc(CCNc2ccc(C(=O)O)cc2S(=O)(=O)Nc2ccccc2)cc1. The van der Waals surface area contributed by atoms with E-state index in [2.05, 4.69) is 10.0 Å². The summed E-state index contributed by atoms with van der Waals surface area (Å²) >= 11 is 0. The number of carbonyl (C=O) groups is 1. The fourth-order valence-corrected chi connectivity index (χ4v) is 4.14. The van der Waals surface area contributed by atoms with Crippen LogP contribution in [0, 0.1) is 0 Å². The number of para-hydroxylation sites is 1. The highest BCUT2D eigenvalue weighted by Gasteiger charge is 2.21. The number of anilines is 2. The maximum atomic E-state index is 12.9. The molecule has 0 atom stereocenters. The van der Waals surface area contributed by atoms with Gasteiger partial charge in [0.05, 0.1) is 18.4 Å². The molecule has 8 heteroatoms. The lowest BCUT2D eigenvalue weighted by Crippen LogP contribution is -2.17. The molecule has 0 unspecified atom stereocenters. The number of sulfonamides is 1. The maximum Gasteiger partial charge on any atom is 0.335 e. The second-order valence-corrected chi connectivity index (χ2v) is 8.16. The molecule has 0 radical (unpaired) electrons. The van der Waals surface area contributed by atoms with Crippen molar-refractivity contribution in [1.82, 2.24) is 0 Å². The molecule has 0 saturated heterocycles. The van der Waals surface area contributed by atoms with Crippen LogP contribution in [0.4, 0.5) is 11.4 Å². The lowest BCUT2D eigenvalue weighted by Gasteiger charge is -2.15. The number of ether oxygens (including phenoxy) is 1. The fraction of sp³-hybridized carbons (Fsp3) is 0.136. The van der Waals surface area contributed by atoms with E-state index in [1.165, 1.54) is 12.1 Å². The Bertz CT molecular complexity index is 1110. The van der Waals surface area contributed by atoms with Crippen molar-refractivity contribution >= 4 is 27.4 Å². The summed E-state index contributed by atoms with van der Waals surface area (Å²) in [5.41, 5.74) is 1.67. The molecule has 3 N–H and O–H groups in total. The van der Waals surface area contributed by atoms with Crippen LogP contribution in [0.5, 0.6) is 5.75 Å². The summed E-state index contributed by atoms with van der Waals surface area (Å²) < 4.78 is 33.5. The quantitative estimate of drug-likeness (QED) is 0.480. The van der Waals surface area contributed by atoms with Crippen molar-refractivity contribution in [3.05, 3.63) is 83.9 Å². The third kappa shape index (κ3) is 5.30. The number of rotatable bonds is 9. The van der Waals surface area contributed by atoms with Gasteiger partial charge in [-0.25, -0.2) is 13.2 Å². The van der Waals surface area contributed by atoms with E-state index >= 15 is 0 Å². The van der Waals surface area contributed by atoms with E-state index in [-0.39, 0.29) is 10.5 Å². The molecule has 0 amide bonds. The van der Waals surface area contributed by atoms with Crippen molar-refractivity contribution in [2.45, 2.75) is 11.3 Å². The molecule has 0 heterocycles. The van der Waals surface area contributed by atoms with Gasteiger partial charge >= 0.3 is 5.97 Å². The summed E-state index contributed by atoms with van der Waals surface area (Å²) in [7, 11) is -2.40. The topological polar surface area (TPSA) is 105 Å². The molecule has 156 valence electrons. The van der Waals surface area contributed by atoms with Gasteiger partial charge in [0.2, 0.25) is 0 Å². The Morgan fingerprint density at radius 3 is 2.33 bits per heavy atom. The Labute approximate surface area is 175 Å². The maximum absolute atomic E-state index is 12.9. The lowest BCUT2D eigenvalue weighted by atomic mass is 10.1. The number of methoxy groups -OCH3 is 1. The Hall–Kier alpha value is -3.52. The molecule has 3 aromatic carbocycles. The largest absolute Gasteiger partial charge is 0.497 e. The van der Waals surface area contributed by atoms with Crippen molar-refractivity contribution in [2.75, 3.05) is 23.7 Å². The second-order valence-electron chi connectivity index (χ2n) is 6.51. The van der Waals surface area contributed by atoms with E-state index in [0.29, 0.717) is 24.3 Å². The van der Waals surface area contributed by atoms with Crippen molar-refractivity contribution < 1.29 is 23.1 Å². The molecule has 0 bridgehead atoms. The molecule has 3 rings (SSSR count). The highest BCUT2D eigenvalue weighted by molar-refractivity contribution is 7.92. The summed E-state index contributed by atoms with van der Waals surface area (Å²) in [5.74, 6) is -0.438. The van der Waals surface area contributed by atoms with Gasteiger partial charge in [0.25, 0.3) is 10.0 Å². The van der Waals surface area contributed by atoms with Gasteiger partial charge in [0.1, 0.15) is 10.6 Å². The van der Waals surface area contributed by atoms with Crippen LogP contribution >= 0.6 is 0 Å². The average molecular weight is 426 g/mol. The van der Waals surface area contributed by atoms with E-state index in [4.69, 9.17) is 4.74 Å². The summed E-state index contributed by atoms with van der Waals surface area (Å²) in [6, 6.07) is 20.0. The molecule has 0 spiro atoms. The summed E-state index contributed by atoms with van der Waals surface area (Å²) in [5, 5.41) is 12.4. The van der Waals surface area contributed by atoms with E-state index in [9.17, 15) is 18.3 Å². The van der Waals surface area contributed by atoms with Crippen LogP contribution in [0.15, 0.2) is 77.7 Å². The number of aromatic carboxylic acids is 1. The minimum Gasteiger partial charge on any atom is -0.497 e. The van der Waals surface area contributed by atoms with Crippen molar-refractivity contribution in [2.24, 2.45) is 0 Å². The first-order valence-electron chi connectivity index (χ1n) is 9.21. The predicted molar refractivity (Wildman–Crippen MR) is 116 cm³/mol. The summed E-state index contributed by atoms with van der Waals surface area (Å²) in [4.78, 5) is 11.2. The molecule has 0 fully saturated rings. The number of carboxylic acids is 1. The highest BCUT2D eigenvalue weighted by Crippen LogP contribution is 2.25. The van der Waals surface area contributed by atoms with Crippen molar-refractivity contribution in [3.63, 3.8) is 0 Å². The normalized spacial score (nSPS) is 11.0. The van der Waals surface area contributed by atoms with Crippen LogP contribution in [0.3, 0.4) is 0 Å². The minimum absolute atomic E-state index is 0.107. The first-order valence-corrected chi connectivity index (χ1v) is 10.7. The number of hydrogen-bond acceptors (Lipinski definition) is 5. The number of benzene rings is 3. The average Bonchev–Trinajstić information content (AvgIpc) is 2.74. The molecule has 0 aromatic heterocycles. The van der Waals surface area contributed by atoms with Gasteiger partial charge in [0, 0.05) is 12.2 Å². The number of nitrogens with one attached hydrogen (secondary N) is 2. The van der Waals surface area contributed by atoms with E-state index in [1.807, 2.05) is 24.3 Å². The summed E-state index contributed by atoms with van der Waals surface area (Å²) in [6.07, 6.45) is 0.649. The lowest BCUT2D eigenvalue weighted by molar-refractivity contribution is 0.0696. The van der Waals surface area contributed by atoms with E-state index < -0.39 is 16.0 Å². The Balaban J connectivity index is 1.81. The molecule has 0 aliphatic carbocycles. The predicted octanol–water partition coefficient (Wildman–Crippen LogP) is 3.85. The fourth-order valence-electron chi connectivity index (χ4n) is 2.87. The van der Waals surface area contributed by atoms with Gasteiger partial charge in [-0.2, -0.15) is 0 Å². The zero-order valence-electron chi connectivity index (χ0n) is 16.3. The zero-order chi connectivity index (χ0) is 21.6. The zero-order valence-corrected chi connectivity index (χ0v) is 17.1. The first-order chi connectivity index (χ1) is 14.4. The molecule has 30 heavy (non-hydrogen) atoms. The van der Waals surface area contributed by atoms with Crippen molar-refractivity contribution in [3.8, 4) is 5.75 Å². The third-order valence-electron chi connectivity index (χ3n) is 4.43. The van der Waals surface area contributed by atoms with Gasteiger partial charge in [-0.3, -0.25) is 4.72 Å². The van der Waals surface area contributed by atoms with Gasteiger partial charge in [-0.05, 0) is 54.4 Å². The van der Waals surface area contributed by atoms with Crippen LogP contribution < -0.4 is 14.8 Å².